The number of anilines is 2. The molecule has 2 N–H and O–H groups in total. The highest BCUT2D eigenvalue weighted by atomic mass is 15.2. The van der Waals surface area contributed by atoms with Crippen molar-refractivity contribution >= 4 is 22.4 Å². The van der Waals surface area contributed by atoms with Crippen LogP contribution in [0.15, 0.2) is 48.5 Å². The van der Waals surface area contributed by atoms with Gasteiger partial charge < -0.3 is 10.6 Å². The standard InChI is InChI=1S/C17H16N4/c18-17-13-6-2-3-7-14(13)19-16(20-17)11-21-10-9-12-5-1-4-8-15(12)21/h1-8H,9-11H2,(H2,18,19,20). The molecule has 2 aromatic carbocycles. The number of aromatic nitrogens is 2. The molecule has 4 rings (SSSR count). The van der Waals surface area contributed by atoms with Crippen LogP contribution in [0.4, 0.5) is 11.5 Å². The molecule has 0 fully saturated rings. The van der Waals surface area contributed by atoms with E-state index in [0.717, 1.165) is 29.7 Å². The molecule has 1 aliphatic heterocycles. The lowest BCUT2D eigenvalue weighted by Crippen LogP contribution is -2.21. The summed E-state index contributed by atoms with van der Waals surface area (Å²) in [5.41, 5.74) is 9.65. The van der Waals surface area contributed by atoms with E-state index >= 15 is 0 Å². The van der Waals surface area contributed by atoms with E-state index < -0.39 is 0 Å². The van der Waals surface area contributed by atoms with E-state index in [1.165, 1.54) is 11.3 Å². The molecule has 4 heteroatoms. The molecule has 0 unspecified atom stereocenters. The Kier molecular flexibility index (Phi) is 2.74. The Morgan fingerprint density at radius 2 is 1.81 bits per heavy atom. The summed E-state index contributed by atoms with van der Waals surface area (Å²) >= 11 is 0. The first-order chi connectivity index (χ1) is 10.3. The monoisotopic (exact) mass is 276 g/mol. The van der Waals surface area contributed by atoms with Gasteiger partial charge in [0.15, 0.2) is 5.82 Å². The summed E-state index contributed by atoms with van der Waals surface area (Å²) in [4.78, 5) is 11.4. The van der Waals surface area contributed by atoms with Crippen molar-refractivity contribution in [3.63, 3.8) is 0 Å². The number of rotatable bonds is 2. The predicted octanol–water partition coefficient (Wildman–Crippen LogP) is 2.77. The van der Waals surface area contributed by atoms with Crippen molar-refractivity contribution in [2.24, 2.45) is 0 Å². The molecule has 4 nitrogen and oxygen atoms in total. The van der Waals surface area contributed by atoms with Crippen molar-refractivity contribution in [3.8, 4) is 0 Å². The Morgan fingerprint density at radius 1 is 1.00 bits per heavy atom. The zero-order valence-corrected chi connectivity index (χ0v) is 11.7. The molecule has 1 aromatic heterocycles. The van der Waals surface area contributed by atoms with Gasteiger partial charge in [0, 0.05) is 17.6 Å². The third kappa shape index (κ3) is 2.09. The molecule has 3 aromatic rings. The van der Waals surface area contributed by atoms with Crippen molar-refractivity contribution in [3.05, 3.63) is 59.9 Å². The smallest absolute Gasteiger partial charge is 0.150 e. The number of hydrogen-bond acceptors (Lipinski definition) is 4. The first-order valence-corrected chi connectivity index (χ1v) is 7.15. The van der Waals surface area contributed by atoms with E-state index in [2.05, 4.69) is 39.1 Å². The fourth-order valence-corrected chi connectivity index (χ4v) is 2.96. The maximum absolute atomic E-state index is 6.06. The first-order valence-electron chi connectivity index (χ1n) is 7.15. The van der Waals surface area contributed by atoms with Crippen LogP contribution >= 0.6 is 0 Å². The number of benzene rings is 2. The highest BCUT2D eigenvalue weighted by Crippen LogP contribution is 2.28. The van der Waals surface area contributed by atoms with Crippen molar-refractivity contribution in [2.75, 3.05) is 17.2 Å². The summed E-state index contributed by atoms with van der Waals surface area (Å²) in [7, 11) is 0. The van der Waals surface area contributed by atoms with Crippen LogP contribution in [0.25, 0.3) is 10.9 Å². The number of fused-ring (bicyclic) bond motifs is 2. The van der Waals surface area contributed by atoms with E-state index in [4.69, 9.17) is 5.73 Å². The van der Waals surface area contributed by atoms with Crippen molar-refractivity contribution in [1.82, 2.24) is 9.97 Å². The van der Waals surface area contributed by atoms with Crippen LogP contribution in [-0.4, -0.2) is 16.5 Å². The van der Waals surface area contributed by atoms with Crippen LogP contribution in [-0.2, 0) is 13.0 Å². The van der Waals surface area contributed by atoms with Gasteiger partial charge in [-0.3, -0.25) is 0 Å². The van der Waals surface area contributed by atoms with E-state index in [9.17, 15) is 0 Å². The lowest BCUT2D eigenvalue weighted by Gasteiger charge is -2.18. The van der Waals surface area contributed by atoms with Gasteiger partial charge in [-0.25, -0.2) is 9.97 Å². The SMILES string of the molecule is Nc1nc(CN2CCc3ccccc32)nc2ccccc12. The molecule has 0 spiro atoms. The van der Waals surface area contributed by atoms with Crippen LogP contribution in [0.3, 0.4) is 0 Å². The van der Waals surface area contributed by atoms with Crippen LogP contribution in [0.1, 0.15) is 11.4 Å². The zero-order valence-electron chi connectivity index (χ0n) is 11.7. The maximum Gasteiger partial charge on any atom is 0.150 e. The third-order valence-corrected chi connectivity index (χ3v) is 3.99. The zero-order chi connectivity index (χ0) is 14.2. The second kappa shape index (κ2) is 4.74. The topological polar surface area (TPSA) is 55.0 Å². The molecule has 0 atom stereocenters. The van der Waals surface area contributed by atoms with Gasteiger partial charge in [-0.2, -0.15) is 0 Å². The Bertz CT molecular complexity index is 813. The van der Waals surface area contributed by atoms with Gasteiger partial charge >= 0.3 is 0 Å². The lowest BCUT2D eigenvalue weighted by atomic mass is 10.2. The molecule has 1 aliphatic rings. The molecule has 2 heterocycles. The first kappa shape index (κ1) is 12.1. The van der Waals surface area contributed by atoms with Gasteiger partial charge in [0.2, 0.25) is 0 Å². The van der Waals surface area contributed by atoms with Gasteiger partial charge in [0.1, 0.15) is 5.82 Å². The molecular weight excluding hydrogens is 260 g/mol. The van der Waals surface area contributed by atoms with Gasteiger partial charge in [-0.05, 0) is 30.2 Å². The van der Waals surface area contributed by atoms with Crippen LogP contribution in [0.2, 0.25) is 0 Å². The number of nitrogens with two attached hydrogens (primary N) is 1. The van der Waals surface area contributed by atoms with Gasteiger partial charge in [0.05, 0.1) is 12.1 Å². The largest absolute Gasteiger partial charge is 0.383 e. The van der Waals surface area contributed by atoms with Crippen molar-refractivity contribution in [1.29, 1.82) is 0 Å². The molecule has 0 bridgehead atoms. The third-order valence-electron chi connectivity index (χ3n) is 3.99. The predicted molar refractivity (Wildman–Crippen MR) is 85.1 cm³/mol. The Labute approximate surface area is 123 Å². The van der Waals surface area contributed by atoms with E-state index in [-0.39, 0.29) is 0 Å². The minimum absolute atomic E-state index is 0.558. The summed E-state index contributed by atoms with van der Waals surface area (Å²) in [6.07, 6.45) is 1.08. The number of para-hydroxylation sites is 2. The number of nitrogens with zero attached hydrogens (tertiary/aromatic N) is 3. The van der Waals surface area contributed by atoms with Gasteiger partial charge in [-0.1, -0.05) is 30.3 Å². The van der Waals surface area contributed by atoms with Crippen LogP contribution in [0, 0.1) is 0 Å². The Balaban J connectivity index is 1.69. The van der Waals surface area contributed by atoms with Crippen LogP contribution < -0.4 is 10.6 Å². The summed E-state index contributed by atoms with van der Waals surface area (Å²) in [5, 5.41) is 0.920. The maximum atomic E-state index is 6.06. The fourth-order valence-electron chi connectivity index (χ4n) is 2.96. The molecule has 0 amide bonds. The molecule has 21 heavy (non-hydrogen) atoms. The van der Waals surface area contributed by atoms with Gasteiger partial charge in [0.25, 0.3) is 0 Å². The molecule has 104 valence electrons. The van der Waals surface area contributed by atoms with E-state index in [0.29, 0.717) is 12.4 Å². The van der Waals surface area contributed by atoms with Crippen molar-refractivity contribution < 1.29 is 0 Å². The molecule has 0 saturated heterocycles. The second-order valence-corrected chi connectivity index (χ2v) is 5.34. The Hall–Kier alpha value is -2.62. The molecule has 0 radical (unpaired) electrons. The lowest BCUT2D eigenvalue weighted by molar-refractivity contribution is 0.792. The van der Waals surface area contributed by atoms with Crippen LogP contribution in [0.5, 0.6) is 0 Å². The minimum Gasteiger partial charge on any atom is -0.383 e. The fraction of sp³-hybridized carbons (Fsp3) is 0.176. The van der Waals surface area contributed by atoms with Crippen molar-refractivity contribution in [2.45, 2.75) is 13.0 Å². The molecular formula is C17H16N4. The summed E-state index contributed by atoms with van der Waals surface area (Å²) in [6.45, 7) is 1.71. The second-order valence-electron chi connectivity index (χ2n) is 5.34. The van der Waals surface area contributed by atoms with Gasteiger partial charge in [-0.15, -0.1) is 0 Å². The Morgan fingerprint density at radius 3 is 2.76 bits per heavy atom. The minimum atomic E-state index is 0.558. The summed E-state index contributed by atoms with van der Waals surface area (Å²) in [5.74, 6) is 1.34. The number of nitrogen functional groups attached to an aromatic ring is 1. The van der Waals surface area contributed by atoms with E-state index in [1.807, 2.05) is 24.3 Å². The molecule has 0 aliphatic carbocycles. The average molecular weight is 276 g/mol. The highest BCUT2D eigenvalue weighted by Gasteiger charge is 2.19. The highest BCUT2D eigenvalue weighted by molar-refractivity contribution is 5.87. The quantitative estimate of drug-likeness (QED) is 0.782. The number of hydrogen-bond donors (Lipinski definition) is 1. The average Bonchev–Trinajstić information content (AvgIpc) is 2.91. The summed E-state index contributed by atoms with van der Waals surface area (Å²) in [6, 6.07) is 16.4. The molecule has 0 saturated carbocycles. The normalized spacial score (nSPS) is 13.6. The van der Waals surface area contributed by atoms with E-state index in [1.54, 1.807) is 0 Å². The summed E-state index contributed by atoms with van der Waals surface area (Å²) < 4.78 is 0.